The number of nitrogens with zero attached hydrogens (tertiary/aromatic N) is 3. The van der Waals surface area contributed by atoms with Crippen LogP contribution in [0.15, 0.2) is 42.7 Å². The predicted octanol–water partition coefficient (Wildman–Crippen LogP) is 4.20. The number of phenolic OH excluding ortho intramolecular Hbond substituents is 1. The number of ether oxygens (including phenoxy) is 1. The van der Waals surface area contributed by atoms with Crippen molar-refractivity contribution in [2.24, 2.45) is 0 Å². The van der Waals surface area contributed by atoms with E-state index in [9.17, 15) is 9.50 Å². The number of rotatable bonds is 4. The summed E-state index contributed by atoms with van der Waals surface area (Å²) >= 11 is 0. The molecule has 1 saturated carbocycles. The van der Waals surface area contributed by atoms with Crippen LogP contribution in [0.1, 0.15) is 25.7 Å². The number of morpholine rings is 1. The molecule has 2 aliphatic rings. The van der Waals surface area contributed by atoms with Gasteiger partial charge >= 0.3 is 0 Å². The zero-order chi connectivity index (χ0) is 21.2. The van der Waals surface area contributed by atoms with Gasteiger partial charge in [0, 0.05) is 36.6 Å². The zero-order valence-electron chi connectivity index (χ0n) is 17.4. The highest BCUT2D eigenvalue weighted by Gasteiger charge is 2.27. The van der Waals surface area contributed by atoms with Crippen molar-refractivity contribution in [3.8, 4) is 16.9 Å². The first-order chi connectivity index (χ1) is 15.2. The molecule has 6 nitrogen and oxygen atoms in total. The molecule has 3 aromatic rings. The summed E-state index contributed by atoms with van der Waals surface area (Å²) in [6.45, 7) is 3.77. The van der Waals surface area contributed by atoms with Gasteiger partial charge in [-0.1, -0.05) is 6.07 Å². The molecule has 1 aliphatic heterocycles. The Kier molecular flexibility index (Phi) is 5.70. The van der Waals surface area contributed by atoms with E-state index >= 15 is 0 Å². The summed E-state index contributed by atoms with van der Waals surface area (Å²) < 4.78 is 19.3. The first-order valence-corrected chi connectivity index (χ1v) is 11.0. The Morgan fingerprint density at radius 2 is 1.77 bits per heavy atom. The second kappa shape index (κ2) is 8.77. The lowest BCUT2D eigenvalue weighted by molar-refractivity contribution is 0.00791. The molecule has 0 amide bonds. The van der Waals surface area contributed by atoms with Crippen LogP contribution in [0.2, 0.25) is 0 Å². The van der Waals surface area contributed by atoms with Crippen LogP contribution in [0.25, 0.3) is 22.0 Å². The van der Waals surface area contributed by atoms with Crippen molar-refractivity contribution in [1.29, 1.82) is 0 Å². The molecule has 0 unspecified atom stereocenters. The molecule has 2 heterocycles. The van der Waals surface area contributed by atoms with Gasteiger partial charge in [-0.05, 0) is 61.1 Å². The Bertz CT molecular complexity index is 1040. The van der Waals surface area contributed by atoms with Gasteiger partial charge in [-0.15, -0.1) is 0 Å². The number of phenols is 1. The molecule has 162 valence electrons. The average molecular weight is 423 g/mol. The minimum absolute atomic E-state index is 0.0882. The first kappa shape index (κ1) is 20.2. The van der Waals surface area contributed by atoms with E-state index in [4.69, 9.17) is 4.74 Å². The molecule has 31 heavy (non-hydrogen) atoms. The van der Waals surface area contributed by atoms with Gasteiger partial charge < -0.3 is 15.2 Å². The zero-order valence-corrected chi connectivity index (χ0v) is 17.4. The Labute approximate surface area is 181 Å². The molecule has 1 aromatic heterocycles. The topological polar surface area (TPSA) is 70.5 Å². The third kappa shape index (κ3) is 4.48. The SMILES string of the molecule is Oc1cc(F)cc(-c2ccc3ncnc(N[C@H]4CC[C@H](N5CCOCC5)CC4)c3c2)c1. The molecule has 2 aromatic carbocycles. The minimum atomic E-state index is -0.463. The Morgan fingerprint density at radius 3 is 2.55 bits per heavy atom. The summed E-state index contributed by atoms with van der Waals surface area (Å²) in [5.41, 5.74) is 2.28. The quantitative estimate of drug-likeness (QED) is 0.657. The van der Waals surface area contributed by atoms with Crippen LogP contribution in [-0.4, -0.2) is 58.4 Å². The summed E-state index contributed by atoms with van der Waals surface area (Å²) in [5.74, 6) is 0.256. The van der Waals surface area contributed by atoms with Crippen LogP contribution < -0.4 is 5.32 Å². The summed E-state index contributed by atoms with van der Waals surface area (Å²) in [4.78, 5) is 11.5. The smallest absolute Gasteiger partial charge is 0.137 e. The second-order valence-corrected chi connectivity index (χ2v) is 8.45. The second-order valence-electron chi connectivity index (χ2n) is 8.45. The fourth-order valence-corrected chi connectivity index (χ4v) is 4.81. The summed E-state index contributed by atoms with van der Waals surface area (Å²) in [5, 5.41) is 14.3. The number of benzene rings is 2. The van der Waals surface area contributed by atoms with Gasteiger partial charge in [0.15, 0.2) is 0 Å². The average Bonchev–Trinajstić information content (AvgIpc) is 2.79. The molecule has 5 rings (SSSR count). The molecule has 2 fully saturated rings. The highest BCUT2D eigenvalue weighted by molar-refractivity contribution is 5.92. The number of nitrogens with one attached hydrogen (secondary N) is 1. The Morgan fingerprint density at radius 1 is 0.968 bits per heavy atom. The number of hydrogen-bond acceptors (Lipinski definition) is 6. The highest BCUT2D eigenvalue weighted by atomic mass is 19.1. The van der Waals surface area contributed by atoms with E-state index in [-0.39, 0.29) is 5.75 Å². The van der Waals surface area contributed by atoms with Crippen LogP contribution in [0.3, 0.4) is 0 Å². The molecule has 1 aliphatic carbocycles. The maximum Gasteiger partial charge on any atom is 0.137 e. The largest absolute Gasteiger partial charge is 0.508 e. The van der Waals surface area contributed by atoms with Gasteiger partial charge in [-0.25, -0.2) is 14.4 Å². The van der Waals surface area contributed by atoms with E-state index in [0.717, 1.165) is 67.5 Å². The lowest BCUT2D eigenvalue weighted by atomic mass is 9.90. The number of hydrogen-bond donors (Lipinski definition) is 2. The summed E-state index contributed by atoms with van der Waals surface area (Å²) in [6.07, 6.45) is 6.14. The van der Waals surface area contributed by atoms with E-state index in [1.54, 1.807) is 12.4 Å². The maximum absolute atomic E-state index is 13.8. The number of aromatic nitrogens is 2. The predicted molar refractivity (Wildman–Crippen MR) is 119 cm³/mol. The van der Waals surface area contributed by atoms with Crippen molar-refractivity contribution in [3.63, 3.8) is 0 Å². The van der Waals surface area contributed by atoms with Crippen molar-refractivity contribution < 1.29 is 14.2 Å². The number of aromatic hydroxyl groups is 1. The molecule has 0 atom stereocenters. The van der Waals surface area contributed by atoms with E-state index in [2.05, 4.69) is 20.2 Å². The van der Waals surface area contributed by atoms with Gasteiger partial charge in [0.05, 0.1) is 18.7 Å². The van der Waals surface area contributed by atoms with Gasteiger partial charge in [0.25, 0.3) is 0 Å². The van der Waals surface area contributed by atoms with Gasteiger partial charge in [-0.2, -0.15) is 0 Å². The Hall–Kier alpha value is -2.77. The Balaban J connectivity index is 1.34. The minimum Gasteiger partial charge on any atom is -0.508 e. The fraction of sp³-hybridized carbons (Fsp3) is 0.417. The fourth-order valence-electron chi connectivity index (χ4n) is 4.81. The van der Waals surface area contributed by atoms with Crippen LogP contribution >= 0.6 is 0 Å². The van der Waals surface area contributed by atoms with Crippen molar-refractivity contribution in [2.45, 2.75) is 37.8 Å². The van der Waals surface area contributed by atoms with Crippen molar-refractivity contribution in [1.82, 2.24) is 14.9 Å². The van der Waals surface area contributed by atoms with Crippen LogP contribution in [0, 0.1) is 5.82 Å². The lowest BCUT2D eigenvalue weighted by Crippen LogP contribution is -2.46. The van der Waals surface area contributed by atoms with Crippen molar-refractivity contribution >= 4 is 16.7 Å². The molecule has 1 saturated heterocycles. The number of fused-ring (bicyclic) bond motifs is 1. The van der Waals surface area contributed by atoms with E-state index in [1.807, 2.05) is 18.2 Å². The number of halogens is 1. The van der Waals surface area contributed by atoms with Crippen LogP contribution in [0.5, 0.6) is 5.75 Å². The van der Waals surface area contributed by atoms with Gasteiger partial charge in [0.2, 0.25) is 0 Å². The van der Waals surface area contributed by atoms with Gasteiger partial charge in [0.1, 0.15) is 23.7 Å². The van der Waals surface area contributed by atoms with E-state index in [1.165, 1.54) is 18.9 Å². The maximum atomic E-state index is 13.8. The molecule has 2 N–H and O–H groups in total. The van der Waals surface area contributed by atoms with Crippen LogP contribution in [-0.2, 0) is 4.74 Å². The molecule has 0 bridgehead atoms. The summed E-state index contributed by atoms with van der Waals surface area (Å²) in [6, 6.07) is 10.9. The molecular weight excluding hydrogens is 395 g/mol. The van der Waals surface area contributed by atoms with Crippen molar-refractivity contribution in [3.05, 3.63) is 48.5 Å². The lowest BCUT2D eigenvalue weighted by Gasteiger charge is -2.39. The molecule has 0 spiro atoms. The third-order valence-electron chi connectivity index (χ3n) is 6.45. The molecule has 7 heteroatoms. The normalized spacial score (nSPS) is 22.5. The molecular formula is C24H27FN4O2. The molecule has 0 radical (unpaired) electrons. The monoisotopic (exact) mass is 422 g/mol. The highest BCUT2D eigenvalue weighted by Crippen LogP contribution is 2.31. The van der Waals surface area contributed by atoms with Crippen molar-refractivity contribution in [2.75, 3.05) is 31.6 Å². The van der Waals surface area contributed by atoms with E-state index in [0.29, 0.717) is 17.6 Å². The van der Waals surface area contributed by atoms with Crippen LogP contribution in [0.4, 0.5) is 10.2 Å². The third-order valence-corrected chi connectivity index (χ3v) is 6.45. The van der Waals surface area contributed by atoms with Gasteiger partial charge in [-0.3, -0.25) is 4.90 Å². The van der Waals surface area contributed by atoms with E-state index < -0.39 is 5.82 Å². The number of anilines is 1. The first-order valence-electron chi connectivity index (χ1n) is 11.0. The summed E-state index contributed by atoms with van der Waals surface area (Å²) in [7, 11) is 0. The standard InChI is InChI=1S/C24H27FN4O2/c25-18-11-17(12-21(30)14-18)16-1-6-23-22(13-16)24(27-15-26-23)28-19-2-4-20(5-3-19)29-7-9-31-10-8-29/h1,6,11-15,19-20,30H,2-5,7-10H2,(H,26,27,28)/t19-,20-.